The first-order valence-electron chi connectivity index (χ1n) is 9.77. The van der Waals surface area contributed by atoms with E-state index in [1.54, 1.807) is 0 Å². The Morgan fingerprint density at radius 3 is 2.29 bits per heavy atom. The first-order valence-corrected chi connectivity index (χ1v) is 11.3. The minimum absolute atomic E-state index is 0.100. The number of rotatable bonds is 5. The highest BCUT2D eigenvalue weighted by molar-refractivity contribution is 7.84. The molecule has 8 nitrogen and oxygen atoms in total. The summed E-state index contributed by atoms with van der Waals surface area (Å²) in [5.41, 5.74) is -0.0562. The van der Waals surface area contributed by atoms with Crippen molar-refractivity contribution in [3.8, 4) is 11.5 Å². The highest BCUT2D eigenvalue weighted by Gasteiger charge is 2.41. The Hall–Kier alpha value is -2.82. The van der Waals surface area contributed by atoms with Crippen LogP contribution in [0.3, 0.4) is 0 Å². The second kappa shape index (κ2) is 8.37. The summed E-state index contributed by atoms with van der Waals surface area (Å²) in [6.07, 6.45) is 6.23. The third-order valence-corrected chi connectivity index (χ3v) is 6.29. The molecule has 166 valence electrons. The number of hydrogen-bond donors (Lipinski definition) is 0. The van der Waals surface area contributed by atoms with E-state index in [-0.39, 0.29) is 29.2 Å². The molecule has 2 aliphatic rings. The van der Waals surface area contributed by atoms with Gasteiger partial charge in [0.15, 0.2) is 23.1 Å². The molecule has 11 heteroatoms. The van der Waals surface area contributed by atoms with Gasteiger partial charge in [0.2, 0.25) is 5.16 Å². The Bertz CT molecular complexity index is 1030. The number of anilines is 2. The van der Waals surface area contributed by atoms with Crippen molar-refractivity contribution in [1.82, 2.24) is 9.97 Å². The molecule has 1 aliphatic heterocycles. The van der Waals surface area contributed by atoms with Crippen molar-refractivity contribution in [2.45, 2.75) is 43.4 Å². The van der Waals surface area contributed by atoms with E-state index in [4.69, 9.17) is 9.47 Å². The van der Waals surface area contributed by atoms with E-state index in [9.17, 15) is 9.00 Å². The Labute approximate surface area is 180 Å². The summed E-state index contributed by atoms with van der Waals surface area (Å²) in [7, 11) is 1.05. The number of amides is 2. The lowest BCUT2D eigenvalue weighted by Crippen LogP contribution is -2.52. The molecular weight excluding hydrogens is 430 g/mol. The number of benzene rings is 1. The maximum absolute atomic E-state index is 15.2. The van der Waals surface area contributed by atoms with Gasteiger partial charge in [-0.1, -0.05) is 12.8 Å². The van der Waals surface area contributed by atoms with Crippen molar-refractivity contribution in [2.24, 2.45) is 0 Å². The van der Waals surface area contributed by atoms with Crippen LogP contribution in [0.15, 0.2) is 17.4 Å². The second-order valence-electron chi connectivity index (χ2n) is 7.39. The number of carbonyl (C=O) groups is 1. The van der Waals surface area contributed by atoms with Crippen LogP contribution in [-0.4, -0.2) is 46.7 Å². The molecule has 1 aromatic heterocycles. The monoisotopic (exact) mass is 452 g/mol. The minimum atomic E-state index is -1.44. The molecule has 0 unspecified atom stereocenters. The van der Waals surface area contributed by atoms with Crippen molar-refractivity contribution in [3.05, 3.63) is 29.5 Å². The van der Waals surface area contributed by atoms with Gasteiger partial charge in [0, 0.05) is 30.1 Å². The topological polar surface area (TPSA) is 84.9 Å². The molecule has 2 heterocycles. The van der Waals surface area contributed by atoms with Crippen LogP contribution < -0.4 is 19.3 Å². The molecule has 1 saturated carbocycles. The summed E-state index contributed by atoms with van der Waals surface area (Å²) in [5.74, 6) is -2.16. The fourth-order valence-corrected chi connectivity index (χ4v) is 4.49. The van der Waals surface area contributed by atoms with Gasteiger partial charge in [-0.25, -0.2) is 23.5 Å². The van der Waals surface area contributed by atoms with Crippen LogP contribution in [0.5, 0.6) is 11.5 Å². The Morgan fingerprint density at radius 1 is 1.13 bits per heavy atom. The van der Waals surface area contributed by atoms with Crippen LogP contribution in [-0.2, 0) is 17.3 Å². The Morgan fingerprint density at radius 2 is 1.74 bits per heavy atom. The molecule has 1 aliphatic carbocycles. The molecule has 2 amide bonds. The highest BCUT2D eigenvalue weighted by Crippen LogP contribution is 2.42. The Kier molecular flexibility index (Phi) is 5.78. The molecule has 0 N–H and O–H groups in total. The fourth-order valence-electron chi connectivity index (χ4n) is 4.08. The standard InChI is InChI=1S/C20H22F2N4O4S/c1-29-13-8-14(30-2)16(22)17(15(13)21)25-10-11-9-23-19(31(3)28)24-18(11)26(20(25)27)12-6-4-5-7-12/h8-9,12H,4-7,10H2,1-3H3/t31-/m1/s1. The third-order valence-electron chi connectivity index (χ3n) is 5.58. The van der Waals surface area contributed by atoms with Crippen LogP contribution in [0.1, 0.15) is 31.2 Å². The predicted octanol–water partition coefficient (Wildman–Crippen LogP) is 3.40. The summed E-state index contributed by atoms with van der Waals surface area (Å²) in [5, 5.41) is 0.100. The number of ether oxygens (including phenoxy) is 2. The maximum Gasteiger partial charge on any atom is 0.330 e. The zero-order valence-corrected chi connectivity index (χ0v) is 18.2. The number of methoxy groups -OCH3 is 2. The number of fused-ring (bicyclic) bond motifs is 1. The molecule has 1 fully saturated rings. The summed E-state index contributed by atoms with van der Waals surface area (Å²) < 4.78 is 52.2. The molecule has 4 rings (SSSR count). The number of urea groups is 1. The first-order chi connectivity index (χ1) is 14.9. The average Bonchev–Trinajstić information content (AvgIpc) is 3.28. The molecule has 2 aromatic rings. The largest absolute Gasteiger partial charge is 0.493 e. The van der Waals surface area contributed by atoms with Crippen molar-refractivity contribution >= 4 is 28.3 Å². The molecule has 0 saturated heterocycles. The third kappa shape index (κ3) is 3.60. The predicted molar refractivity (Wildman–Crippen MR) is 110 cm³/mol. The van der Waals surface area contributed by atoms with Gasteiger partial charge in [0.05, 0.1) is 31.6 Å². The van der Waals surface area contributed by atoms with E-state index in [2.05, 4.69) is 9.97 Å². The second-order valence-corrected chi connectivity index (χ2v) is 8.66. The van der Waals surface area contributed by atoms with Crippen molar-refractivity contribution in [1.29, 1.82) is 0 Å². The van der Waals surface area contributed by atoms with Crippen molar-refractivity contribution in [2.75, 3.05) is 30.3 Å². The zero-order valence-electron chi connectivity index (χ0n) is 17.4. The Balaban J connectivity index is 1.89. The molecule has 0 spiro atoms. The molecule has 0 radical (unpaired) electrons. The van der Waals surface area contributed by atoms with Crippen LogP contribution in [0.2, 0.25) is 0 Å². The zero-order chi connectivity index (χ0) is 22.3. The fraction of sp³-hybridized carbons (Fsp3) is 0.450. The molecule has 0 bridgehead atoms. The van der Waals surface area contributed by atoms with Crippen LogP contribution >= 0.6 is 0 Å². The van der Waals surface area contributed by atoms with Crippen LogP contribution in [0.25, 0.3) is 0 Å². The minimum Gasteiger partial charge on any atom is -0.493 e. The van der Waals surface area contributed by atoms with E-state index in [0.29, 0.717) is 11.4 Å². The number of nitrogens with zero attached hydrogens (tertiary/aromatic N) is 4. The average molecular weight is 452 g/mol. The van der Waals surface area contributed by atoms with Gasteiger partial charge in [0.1, 0.15) is 11.5 Å². The molecular formula is C20H22F2N4O4S. The van der Waals surface area contributed by atoms with Gasteiger partial charge in [-0.15, -0.1) is 0 Å². The summed E-state index contributed by atoms with van der Waals surface area (Å²) in [6, 6.07) is 0.303. The number of aromatic nitrogens is 2. The lowest BCUT2D eigenvalue weighted by atomic mass is 10.1. The number of hydrogen-bond acceptors (Lipinski definition) is 6. The van der Waals surface area contributed by atoms with Crippen LogP contribution in [0.4, 0.5) is 25.1 Å². The van der Waals surface area contributed by atoms with Gasteiger partial charge in [-0.2, -0.15) is 0 Å². The van der Waals surface area contributed by atoms with Gasteiger partial charge in [-0.05, 0) is 12.8 Å². The van der Waals surface area contributed by atoms with Gasteiger partial charge in [-0.3, -0.25) is 14.0 Å². The van der Waals surface area contributed by atoms with Crippen molar-refractivity contribution in [3.63, 3.8) is 0 Å². The van der Waals surface area contributed by atoms with E-state index < -0.39 is 34.2 Å². The maximum atomic E-state index is 15.2. The molecule has 1 atom stereocenters. The first kappa shape index (κ1) is 21.4. The normalized spacial score (nSPS) is 17.6. The van der Waals surface area contributed by atoms with E-state index in [1.165, 1.54) is 31.6 Å². The quantitative estimate of drug-likeness (QED) is 0.647. The SMILES string of the molecule is COc1cc(OC)c(F)c(N2Cc3cnc([S@@](C)=O)nc3N(C3CCCC3)C2=O)c1F. The smallest absolute Gasteiger partial charge is 0.330 e. The van der Waals surface area contributed by atoms with Gasteiger partial charge >= 0.3 is 6.03 Å². The molecule has 31 heavy (non-hydrogen) atoms. The van der Waals surface area contributed by atoms with Gasteiger partial charge in [0.25, 0.3) is 0 Å². The summed E-state index contributed by atoms with van der Waals surface area (Å²) in [6.45, 7) is -0.155. The number of halogens is 2. The summed E-state index contributed by atoms with van der Waals surface area (Å²) >= 11 is 0. The summed E-state index contributed by atoms with van der Waals surface area (Å²) in [4.78, 5) is 24.5. The molecule has 1 aromatic carbocycles. The van der Waals surface area contributed by atoms with E-state index >= 15 is 8.78 Å². The lowest BCUT2D eigenvalue weighted by molar-refractivity contribution is 0.246. The van der Waals surface area contributed by atoms with Crippen LogP contribution in [0, 0.1) is 11.6 Å². The lowest BCUT2D eigenvalue weighted by Gasteiger charge is -2.39. The van der Waals surface area contributed by atoms with Gasteiger partial charge < -0.3 is 9.47 Å². The number of carbonyl (C=O) groups excluding carboxylic acids is 1. The van der Waals surface area contributed by atoms with E-state index in [1.807, 2.05) is 0 Å². The van der Waals surface area contributed by atoms with Crippen molar-refractivity contribution < 1.29 is 27.3 Å². The highest BCUT2D eigenvalue weighted by atomic mass is 32.2. The van der Waals surface area contributed by atoms with E-state index in [0.717, 1.165) is 36.6 Å².